The summed E-state index contributed by atoms with van der Waals surface area (Å²) in [6.45, 7) is 2.25. The number of nitrogens with two attached hydrogens (primary N) is 1. The number of hydrogen-bond donors (Lipinski definition) is 2. The van der Waals surface area contributed by atoms with Gasteiger partial charge in [0.1, 0.15) is 0 Å². The van der Waals surface area contributed by atoms with E-state index in [-0.39, 0.29) is 5.56 Å². The van der Waals surface area contributed by atoms with Crippen molar-refractivity contribution in [1.82, 2.24) is 9.97 Å². The van der Waals surface area contributed by atoms with E-state index >= 15 is 0 Å². The molecule has 0 aliphatic rings. The molecule has 0 radical (unpaired) electrons. The van der Waals surface area contributed by atoms with Crippen LogP contribution in [0.3, 0.4) is 0 Å². The maximum absolute atomic E-state index is 11.4. The van der Waals surface area contributed by atoms with Gasteiger partial charge in [0, 0.05) is 27.7 Å². The lowest BCUT2D eigenvalue weighted by molar-refractivity contribution is 0.903. The van der Waals surface area contributed by atoms with Crippen molar-refractivity contribution in [2.45, 2.75) is 23.5 Å². The van der Waals surface area contributed by atoms with Gasteiger partial charge in [0.2, 0.25) is 0 Å². The van der Waals surface area contributed by atoms with Gasteiger partial charge in [0.05, 0.1) is 0 Å². The van der Waals surface area contributed by atoms with Crippen LogP contribution in [0.5, 0.6) is 0 Å². The van der Waals surface area contributed by atoms with Gasteiger partial charge in [-0.3, -0.25) is 4.79 Å². The smallest absolute Gasteiger partial charge is 0.251 e. The SMILES string of the molecule is Cc1cc(=O)[nH]c(Sc2cc(Br)ccc2CN)n1. The van der Waals surface area contributed by atoms with Crippen LogP contribution in [-0.2, 0) is 6.54 Å². The molecule has 0 spiro atoms. The molecule has 0 aliphatic carbocycles. The van der Waals surface area contributed by atoms with Crippen molar-refractivity contribution in [3.05, 3.63) is 50.3 Å². The Morgan fingerprint density at radius 3 is 2.89 bits per heavy atom. The second-order valence-electron chi connectivity index (χ2n) is 3.75. The van der Waals surface area contributed by atoms with E-state index in [0.717, 1.165) is 14.9 Å². The number of aryl methyl sites for hydroxylation is 1. The van der Waals surface area contributed by atoms with Gasteiger partial charge in [-0.05, 0) is 24.6 Å². The molecule has 0 saturated carbocycles. The summed E-state index contributed by atoms with van der Waals surface area (Å²) in [6, 6.07) is 7.34. The Hall–Kier alpha value is -1.11. The third-order valence-electron chi connectivity index (χ3n) is 2.30. The topological polar surface area (TPSA) is 71.8 Å². The monoisotopic (exact) mass is 325 g/mol. The van der Waals surface area contributed by atoms with Crippen LogP contribution in [0.4, 0.5) is 0 Å². The predicted molar refractivity (Wildman–Crippen MR) is 75.8 cm³/mol. The summed E-state index contributed by atoms with van der Waals surface area (Å²) in [7, 11) is 0. The van der Waals surface area contributed by atoms with Crippen LogP contribution >= 0.6 is 27.7 Å². The molecular formula is C12H12BrN3OS. The molecule has 0 amide bonds. The molecule has 94 valence electrons. The summed E-state index contributed by atoms with van der Waals surface area (Å²) >= 11 is 4.83. The van der Waals surface area contributed by atoms with Gasteiger partial charge in [-0.1, -0.05) is 33.8 Å². The summed E-state index contributed by atoms with van der Waals surface area (Å²) in [4.78, 5) is 19.4. The summed E-state index contributed by atoms with van der Waals surface area (Å²) in [5.41, 5.74) is 7.27. The van der Waals surface area contributed by atoms with E-state index in [2.05, 4.69) is 25.9 Å². The number of aromatic nitrogens is 2. The number of nitrogens with zero attached hydrogens (tertiary/aromatic N) is 1. The third kappa shape index (κ3) is 3.22. The first-order valence-electron chi connectivity index (χ1n) is 5.33. The van der Waals surface area contributed by atoms with Crippen LogP contribution in [0.2, 0.25) is 0 Å². The van der Waals surface area contributed by atoms with Gasteiger partial charge in [-0.2, -0.15) is 0 Å². The van der Waals surface area contributed by atoms with Crippen LogP contribution in [0.25, 0.3) is 0 Å². The Balaban J connectivity index is 2.38. The van der Waals surface area contributed by atoms with Crippen molar-refractivity contribution in [2.75, 3.05) is 0 Å². The zero-order chi connectivity index (χ0) is 13.1. The third-order valence-corrected chi connectivity index (χ3v) is 3.78. The van der Waals surface area contributed by atoms with Crippen molar-refractivity contribution in [2.24, 2.45) is 5.73 Å². The molecular weight excluding hydrogens is 314 g/mol. The molecule has 0 unspecified atom stereocenters. The largest absolute Gasteiger partial charge is 0.326 e. The number of nitrogens with one attached hydrogen (secondary N) is 1. The summed E-state index contributed by atoms with van der Waals surface area (Å²) < 4.78 is 0.970. The number of hydrogen-bond acceptors (Lipinski definition) is 4. The van der Waals surface area contributed by atoms with Gasteiger partial charge >= 0.3 is 0 Å². The number of halogens is 1. The zero-order valence-electron chi connectivity index (χ0n) is 9.74. The molecule has 1 heterocycles. The first kappa shape index (κ1) is 13.3. The normalized spacial score (nSPS) is 10.6. The molecule has 6 heteroatoms. The number of benzene rings is 1. The fraction of sp³-hybridized carbons (Fsp3) is 0.167. The number of rotatable bonds is 3. The highest BCUT2D eigenvalue weighted by molar-refractivity contribution is 9.10. The standard InChI is InChI=1S/C12H12BrN3OS/c1-7-4-11(17)16-12(15-7)18-10-5-9(13)3-2-8(10)6-14/h2-5H,6,14H2,1H3,(H,15,16,17). The van der Waals surface area contributed by atoms with E-state index in [1.54, 1.807) is 6.92 Å². The van der Waals surface area contributed by atoms with Crippen LogP contribution in [-0.4, -0.2) is 9.97 Å². The molecule has 0 fully saturated rings. The fourth-order valence-electron chi connectivity index (χ4n) is 1.50. The second-order valence-corrected chi connectivity index (χ2v) is 5.70. The molecule has 0 bridgehead atoms. The minimum absolute atomic E-state index is 0.144. The highest BCUT2D eigenvalue weighted by atomic mass is 79.9. The molecule has 2 aromatic rings. The predicted octanol–water partition coefficient (Wildman–Crippen LogP) is 2.45. The van der Waals surface area contributed by atoms with Crippen LogP contribution in [0, 0.1) is 6.92 Å². The Labute approximate surface area is 117 Å². The summed E-state index contributed by atoms with van der Waals surface area (Å²) in [5.74, 6) is 0. The van der Waals surface area contributed by atoms with Gasteiger partial charge in [-0.15, -0.1) is 0 Å². The number of H-pyrrole nitrogens is 1. The van der Waals surface area contributed by atoms with Crippen molar-refractivity contribution < 1.29 is 0 Å². The minimum Gasteiger partial charge on any atom is -0.326 e. The Morgan fingerprint density at radius 1 is 1.44 bits per heavy atom. The maximum atomic E-state index is 11.4. The summed E-state index contributed by atoms with van der Waals surface area (Å²) in [5, 5.41) is 0.577. The lowest BCUT2D eigenvalue weighted by atomic mass is 10.2. The molecule has 3 N–H and O–H groups in total. The Morgan fingerprint density at radius 2 is 2.22 bits per heavy atom. The fourth-order valence-corrected chi connectivity index (χ4v) is 3.03. The average molecular weight is 326 g/mol. The van der Waals surface area contributed by atoms with Gasteiger partial charge in [-0.25, -0.2) is 4.98 Å². The molecule has 1 aromatic carbocycles. The van der Waals surface area contributed by atoms with E-state index in [1.807, 2.05) is 18.2 Å². The van der Waals surface area contributed by atoms with Crippen molar-refractivity contribution in [3.8, 4) is 0 Å². The van der Waals surface area contributed by atoms with Crippen LogP contribution < -0.4 is 11.3 Å². The van der Waals surface area contributed by atoms with Crippen LogP contribution in [0.1, 0.15) is 11.3 Å². The molecule has 0 aliphatic heterocycles. The van der Waals surface area contributed by atoms with E-state index in [0.29, 0.717) is 17.4 Å². The minimum atomic E-state index is -0.144. The molecule has 1 aromatic heterocycles. The first-order chi connectivity index (χ1) is 8.58. The summed E-state index contributed by atoms with van der Waals surface area (Å²) in [6.07, 6.45) is 0. The molecule has 0 saturated heterocycles. The molecule has 4 nitrogen and oxygen atoms in total. The van der Waals surface area contributed by atoms with E-state index < -0.39 is 0 Å². The van der Waals surface area contributed by atoms with E-state index in [1.165, 1.54) is 17.8 Å². The average Bonchev–Trinajstić information content (AvgIpc) is 2.27. The maximum Gasteiger partial charge on any atom is 0.251 e. The number of aromatic amines is 1. The highest BCUT2D eigenvalue weighted by Gasteiger charge is 2.06. The van der Waals surface area contributed by atoms with Crippen molar-refractivity contribution in [3.63, 3.8) is 0 Å². The molecule has 2 rings (SSSR count). The van der Waals surface area contributed by atoms with Crippen molar-refractivity contribution >= 4 is 27.7 Å². The van der Waals surface area contributed by atoms with Gasteiger partial charge in [0.15, 0.2) is 5.16 Å². The lowest BCUT2D eigenvalue weighted by Gasteiger charge is -2.07. The van der Waals surface area contributed by atoms with Crippen LogP contribution in [0.15, 0.2) is 43.6 Å². The van der Waals surface area contributed by atoms with Gasteiger partial charge in [0.25, 0.3) is 5.56 Å². The Kier molecular flexibility index (Phi) is 4.21. The molecule has 0 atom stereocenters. The van der Waals surface area contributed by atoms with E-state index in [9.17, 15) is 4.79 Å². The van der Waals surface area contributed by atoms with Gasteiger partial charge < -0.3 is 10.7 Å². The highest BCUT2D eigenvalue weighted by Crippen LogP contribution is 2.30. The lowest BCUT2D eigenvalue weighted by Crippen LogP contribution is -2.08. The Bertz CT molecular complexity index is 627. The van der Waals surface area contributed by atoms with Crippen molar-refractivity contribution in [1.29, 1.82) is 0 Å². The molecule has 18 heavy (non-hydrogen) atoms. The second kappa shape index (κ2) is 5.69. The quantitative estimate of drug-likeness (QED) is 0.850. The van der Waals surface area contributed by atoms with E-state index in [4.69, 9.17) is 5.73 Å². The zero-order valence-corrected chi connectivity index (χ0v) is 12.1. The first-order valence-corrected chi connectivity index (χ1v) is 6.94.